The van der Waals surface area contributed by atoms with Gasteiger partial charge < -0.3 is 10.1 Å². The zero-order valence-electron chi connectivity index (χ0n) is 18.6. The van der Waals surface area contributed by atoms with Crippen LogP contribution in [0.25, 0.3) is 0 Å². The smallest absolute Gasteiger partial charge is 0.243 e. The van der Waals surface area contributed by atoms with Crippen molar-refractivity contribution in [2.75, 3.05) is 19.7 Å². The Morgan fingerprint density at radius 2 is 1.88 bits per heavy atom. The Morgan fingerprint density at radius 1 is 1.19 bits per heavy atom. The van der Waals surface area contributed by atoms with Gasteiger partial charge in [-0.1, -0.05) is 41.9 Å². The van der Waals surface area contributed by atoms with Gasteiger partial charge in [0, 0.05) is 25.0 Å². The first kappa shape index (κ1) is 24.6. The van der Waals surface area contributed by atoms with Crippen LogP contribution in [0.4, 0.5) is 0 Å². The van der Waals surface area contributed by atoms with Crippen molar-refractivity contribution in [1.82, 2.24) is 9.62 Å². The Morgan fingerprint density at radius 3 is 2.50 bits per heavy atom. The van der Waals surface area contributed by atoms with Crippen LogP contribution in [0.15, 0.2) is 53.4 Å². The zero-order valence-corrected chi connectivity index (χ0v) is 20.2. The van der Waals surface area contributed by atoms with Crippen LogP contribution in [0.1, 0.15) is 38.7 Å². The summed E-state index contributed by atoms with van der Waals surface area (Å²) in [4.78, 5) is 12.8. The average Bonchev–Trinajstić information content (AvgIpc) is 2.80. The highest BCUT2D eigenvalue weighted by molar-refractivity contribution is 7.89. The van der Waals surface area contributed by atoms with Gasteiger partial charge in [0.25, 0.3) is 0 Å². The number of benzene rings is 2. The summed E-state index contributed by atoms with van der Waals surface area (Å²) in [5.41, 5.74) is 1.25. The topological polar surface area (TPSA) is 75.7 Å². The van der Waals surface area contributed by atoms with Crippen molar-refractivity contribution in [3.05, 3.63) is 59.1 Å². The molecule has 0 unspecified atom stereocenters. The van der Waals surface area contributed by atoms with E-state index in [-0.39, 0.29) is 27.8 Å². The zero-order chi connectivity index (χ0) is 23.1. The maximum atomic E-state index is 13.0. The Hall–Kier alpha value is -2.09. The Bertz CT molecular complexity index is 1010. The number of sulfonamides is 1. The van der Waals surface area contributed by atoms with Crippen molar-refractivity contribution in [3.63, 3.8) is 0 Å². The van der Waals surface area contributed by atoms with Crippen LogP contribution in [0.5, 0.6) is 5.75 Å². The standard InChI is InChI=1S/C24H31ClN2O4S/c1-3-31-23-12-11-21(17-22(23)25)32(29,30)27-15-13-20(14-16-27)24(28)26-18(2)9-10-19-7-5-4-6-8-19/h4-8,11-12,17-18,20H,3,9-10,13-16H2,1-2H3,(H,26,28)/t18-/m1/s1. The Kier molecular flexibility index (Phi) is 8.57. The first-order valence-electron chi connectivity index (χ1n) is 11.1. The van der Waals surface area contributed by atoms with Crippen LogP contribution >= 0.6 is 11.6 Å². The van der Waals surface area contributed by atoms with E-state index in [0.29, 0.717) is 38.3 Å². The SMILES string of the molecule is CCOc1ccc(S(=O)(=O)N2CCC(C(=O)N[C@H](C)CCc3ccccc3)CC2)cc1Cl. The molecule has 1 heterocycles. The van der Waals surface area contributed by atoms with E-state index in [1.54, 1.807) is 6.07 Å². The molecule has 1 N–H and O–H groups in total. The monoisotopic (exact) mass is 478 g/mol. The summed E-state index contributed by atoms with van der Waals surface area (Å²) in [5, 5.41) is 3.36. The van der Waals surface area contributed by atoms with E-state index in [0.717, 1.165) is 12.8 Å². The average molecular weight is 479 g/mol. The predicted octanol–water partition coefficient (Wildman–Crippen LogP) is 4.28. The number of halogens is 1. The summed E-state index contributed by atoms with van der Waals surface area (Å²) in [7, 11) is -3.67. The molecule has 0 saturated carbocycles. The molecule has 0 spiro atoms. The molecule has 1 saturated heterocycles. The first-order chi connectivity index (χ1) is 15.3. The molecule has 2 aromatic carbocycles. The maximum Gasteiger partial charge on any atom is 0.243 e. The third kappa shape index (κ3) is 6.24. The number of ether oxygens (including phenoxy) is 1. The van der Waals surface area contributed by atoms with Gasteiger partial charge in [0.1, 0.15) is 5.75 Å². The van der Waals surface area contributed by atoms with Gasteiger partial charge in [-0.15, -0.1) is 0 Å². The van der Waals surface area contributed by atoms with Gasteiger partial charge in [-0.05, 0) is 63.3 Å². The number of rotatable bonds is 9. The first-order valence-corrected chi connectivity index (χ1v) is 12.9. The molecule has 1 aliphatic rings. The summed E-state index contributed by atoms with van der Waals surface area (Å²) >= 11 is 6.17. The van der Waals surface area contributed by atoms with Crippen LogP contribution < -0.4 is 10.1 Å². The van der Waals surface area contributed by atoms with Gasteiger partial charge in [0.05, 0.1) is 16.5 Å². The number of hydrogen-bond donors (Lipinski definition) is 1. The van der Waals surface area contributed by atoms with E-state index in [1.807, 2.05) is 32.0 Å². The van der Waals surface area contributed by atoms with E-state index < -0.39 is 10.0 Å². The van der Waals surface area contributed by atoms with Gasteiger partial charge >= 0.3 is 0 Å². The molecular weight excluding hydrogens is 448 g/mol. The second kappa shape index (κ2) is 11.2. The van der Waals surface area contributed by atoms with Crippen LogP contribution in [0.2, 0.25) is 5.02 Å². The van der Waals surface area contributed by atoms with Crippen molar-refractivity contribution in [2.24, 2.45) is 5.92 Å². The van der Waals surface area contributed by atoms with E-state index in [2.05, 4.69) is 17.4 Å². The Labute approximate surface area is 196 Å². The fraction of sp³-hybridized carbons (Fsp3) is 0.458. The predicted molar refractivity (Wildman–Crippen MR) is 126 cm³/mol. The molecular formula is C24H31ClN2O4S. The maximum absolute atomic E-state index is 13.0. The van der Waals surface area contributed by atoms with Crippen molar-refractivity contribution in [1.29, 1.82) is 0 Å². The fourth-order valence-electron chi connectivity index (χ4n) is 3.88. The highest BCUT2D eigenvalue weighted by atomic mass is 35.5. The number of piperidine rings is 1. The molecule has 3 rings (SSSR count). The quantitative estimate of drug-likeness (QED) is 0.583. The van der Waals surface area contributed by atoms with Crippen molar-refractivity contribution < 1.29 is 17.9 Å². The van der Waals surface area contributed by atoms with E-state index in [1.165, 1.54) is 22.0 Å². The molecule has 1 atom stereocenters. The molecule has 1 aliphatic heterocycles. The lowest BCUT2D eigenvalue weighted by Crippen LogP contribution is -2.44. The lowest BCUT2D eigenvalue weighted by molar-refractivity contribution is -0.126. The fourth-order valence-corrected chi connectivity index (χ4v) is 5.68. The molecule has 32 heavy (non-hydrogen) atoms. The summed E-state index contributed by atoms with van der Waals surface area (Å²) in [6.07, 6.45) is 2.77. The highest BCUT2D eigenvalue weighted by Gasteiger charge is 2.32. The number of nitrogens with zero attached hydrogens (tertiary/aromatic N) is 1. The second-order valence-corrected chi connectivity index (χ2v) is 10.5. The van der Waals surface area contributed by atoms with Crippen LogP contribution in [-0.2, 0) is 21.2 Å². The summed E-state index contributed by atoms with van der Waals surface area (Å²) in [6.45, 7) is 4.92. The molecule has 0 aliphatic carbocycles. The van der Waals surface area contributed by atoms with Gasteiger partial charge in [-0.2, -0.15) is 4.31 Å². The van der Waals surface area contributed by atoms with E-state index >= 15 is 0 Å². The van der Waals surface area contributed by atoms with Crippen LogP contribution in [0, 0.1) is 5.92 Å². The number of aryl methyl sites for hydroxylation is 1. The number of amides is 1. The van der Waals surface area contributed by atoms with Crippen molar-refractivity contribution >= 4 is 27.5 Å². The largest absolute Gasteiger partial charge is 0.492 e. The lowest BCUT2D eigenvalue weighted by Gasteiger charge is -2.31. The minimum absolute atomic E-state index is 0.00622. The van der Waals surface area contributed by atoms with Crippen LogP contribution in [0.3, 0.4) is 0 Å². The lowest BCUT2D eigenvalue weighted by atomic mass is 9.96. The van der Waals surface area contributed by atoms with Gasteiger partial charge in [-0.3, -0.25) is 4.79 Å². The summed E-state index contributed by atoms with van der Waals surface area (Å²) in [5.74, 6) is 0.293. The highest BCUT2D eigenvalue weighted by Crippen LogP contribution is 2.30. The number of carbonyl (C=O) groups is 1. The number of carbonyl (C=O) groups excluding carboxylic acids is 1. The second-order valence-electron chi connectivity index (χ2n) is 8.14. The molecule has 6 nitrogen and oxygen atoms in total. The third-order valence-electron chi connectivity index (χ3n) is 5.76. The molecule has 0 aromatic heterocycles. The minimum Gasteiger partial charge on any atom is -0.492 e. The number of hydrogen-bond acceptors (Lipinski definition) is 4. The van der Waals surface area contributed by atoms with Crippen LogP contribution in [-0.4, -0.2) is 44.4 Å². The van der Waals surface area contributed by atoms with E-state index in [9.17, 15) is 13.2 Å². The molecule has 1 fully saturated rings. The minimum atomic E-state index is -3.67. The van der Waals surface area contributed by atoms with Crippen molar-refractivity contribution in [3.8, 4) is 5.75 Å². The summed E-state index contributed by atoms with van der Waals surface area (Å²) in [6, 6.07) is 14.8. The van der Waals surface area contributed by atoms with Gasteiger partial charge in [0.15, 0.2) is 0 Å². The molecule has 1 amide bonds. The molecule has 0 radical (unpaired) electrons. The van der Waals surface area contributed by atoms with Crippen molar-refractivity contribution in [2.45, 2.75) is 50.5 Å². The molecule has 8 heteroatoms. The van der Waals surface area contributed by atoms with Gasteiger partial charge in [-0.25, -0.2) is 8.42 Å². The summed E-state index contributed by atoms with van der Waals surface area (Å²) < 4.78 is 32.8. The normalized spacial score (nSPS) is 16.5. The van der Waals surface area contributed by atoms with Gasteiger partial charge in [0.2, 0.25) is 15.9 Å². The molecule has 174 valence electrons. The Balaban J connectivity index is 1.51. The number of nitrogens with one attached hydrogen (secondary N) is 1. The van der Waals surface area contributed by atoms with E-state index in [4.69, 9.17) is 16.3 Å². The molecule has 0 bridgehead atoms. The third-order valence-corrected chi connectivity index (χ3v) is 7.95. The molecule has 2 aromatic rings.